The van der Waals surface area contributed by atoms with Gasteiger partial charge in [-0.15, -0.1) is 0 Å². The summed E-state index contributed by atoms with van der Waals surface area (Å²) in [7, 11) is 0. The third kappa shape index (κ3) is 4.05. The van der Waals surface area contributed by atoms with Gasteiger partial charge < -0.3 is 5.32 Å². The summed E-state index contributed by atoms with van der Waals surface area (Å²) in [6.07, 6.45) is 0. The van der Waals surface area contributed by atoms with E-state index in [9.17, 15) is 4.79 Å². The van der Waals surface area contributed by atoms with E-state index in [-0.39, 0.29) is 5.91 Å². The lowest BCUT2D eigenvalue weighted by Crippen LogP contribution is -2.12. The summed E-state index contributed by atoms with van der Waals surface area (Å²) in [5.41, 5.74) is 1.18. The Balaban J connectivity index is 2.28. The minimum Gasteiger partial charge on any atom is -0.321 e. The van der Waals surface area contributed by atoms with E-state index in [0.717, 1.165) is 13.4 Å². The predicted molar refractivity (Wildman–Crippen MR) is 88.9 cm³/mol. The number of hydrogen-bond acceptors (Lipinski definition) is 1. The van der Waals surface area contributed by atoms with Gasteiger partial charge in [0.15, 0.2) is 0 Å². The fraction of sp³-hybridized carbons (Fsp3) is 0. The number of carbonyl (C=O) groups excluding carboxylic acids is 1. The Labute approximate surface area is 140 Å². The second-order valence-corrected chi connectivity index (χ2v) is 6.86. The molecule has 0 aliphatic rings. The van der Waals surface area contributed by atoms with Gasteiger partial charge in [0, 0.05) is 24.0 Å². The molecular weight excluding hydrogens is 461 g/mol. The molecule has 0 aliphatic carbocycles. The van der Waals surface area contributed by atoms with Crippen LogP contribution in [0.4, 0.5) is 5.69 Å². The van der Waals surface area contributed by atoms with Gasteiger partial charge in [0.2, 0.25) is 0 Å². The molecule has 0 aromatic heterocycles. The zero-order chi connectivity index (χ0) is 14.0. The first-order valence-corrected chi connectivity index (χ1v) is 7.94. The molecule has 0 fully saturated rings. The standard InChI is InChI=1S/C13H7Br3ClNO/c14-8-3-7(4-9(15)5-8)13(19)18-12-6-10(17)1-2-11(12)16/h1-6H,(H,18,19). The Hall–Kier alpha value is -0.360. The van der Waals surface area contributed by atoms with Gasteiger partial charge in [0.1, 0.15) is 0 Å². The predicted octanol–water partition coefficient (Wildman–Crippen LogP) is 5.88. The lowest BCUT2D eigenvalue weighted by molar-refractivity contribution is 0.102. The van der Waals surface area contributed by atoms with Gasteiger partial charge in [-0.1, -0.05) is 43.5 Å². The number of carbonyl (C=O) groups is 1. The number of rotatable bonds is 2. The number of nitrogens with one attached hydrogen (secondary N) is 1. The largest absolute Gasteiger partial charge is 0.321 e. The van der Waals surface area contributed by atoms with E-state index < -0.39 is 0 Å². The lowest BCUT2D eigenvalue weighted by Gasteiger charge is -2.08. The summed E-state index contributed by atoms with van der Waals surface area (Å²) in [5, 5.41) is 3.37. The van der Waals surface area contributed by atoms with Crippen LogP contribution >= 0.6 is 59.4 Å². The minimum atomic E-state index is -0.204. The average molecular weight is 468 g/mol. The number of benzene rings is 2. The molecule has 2 aromatic carbocycles. The average Bonchev–Trinajstić information content (AvgIpc) is 2.32. The topological polar surface area (TPSA) is 29.1 Å². The van der Waals surface area contributed by atoms with E-state index >= 15 is 0 Å². The van der Waals surface area contributed by atoms with E-state index in [2.05, 4.69) is 53.1 Å². The lowest BCUT2D eigenvalue weighted by atomic mass is 10.2. The highest BCUT2D eigenvalue weighted by atomic mass is 79.9. The summed E-state index contributed by atoms with van der Waals surface area (Å²) in [6.45, 7) is 0. The maximum absolute atomic E-state index is 12.2. The molecular formula is C13H7Br3ClNO. The Bertz CT molecular complexity index is 626. The van der Waals surface area contributed by atoms with Crippen LogP contribution in [0.15, 0.2) is 49.8 Å². The van der Waals surface area contributed by atoms with Gasteiger partial charge >= 0.3 is 0 Å². The molecule has 2 nitrogen and oxygen atoms in total. The van der Waals surface area contributed by atoms with Crippen LogP contribution in [-0.2, 0) is 0 Å². The van der Waals surface area contributed by atoms with Gasteiger partial charge in [-0.25, -0.2) is 0 Å². The third-order valence-electron chi connectivity index (χ3n) is 2.30. The molecule has 0 aliphatic heterocycles. The fourth-order valence-corrected chi connectivity index (χ4v) is 3.28. The molecule has 0 unspecified atom stereocenters. The van der Waals surface area contributed by atoms with Crippen LogP contribution in [0.25, 0.3) is 0 Å². The first-order chi connectivity index (χ1) is 8.95. The summed E-state index contributed by atoms with van der Waals surface area (Å²) in [6, 6.07) is 10.6. The van der Waals surface area contributed by atoms with Crippen molar-refractivity contribution in [2.24, 2.45) is 0 Å². The molecule has 1 N–H and O–H groups in total. The quantitative estimate of drug-likeness (QED) is 0.586. The third-order valence-corrected chi connectivity index (χ3v) is 4.14. The first-order valence-electron chi connectivity index (χ1n) is 5.18. The monoisotopic (exact) mass is 465 g/mol. The van der Waals surface area contributed by atoms with E-state index in [1.54, 1.807) is 30.3 Å². The maximum Gasteiger partial charge on any atom is 0.255 e. The van der Waals surface area contributed by atoms with Gasteiger partial charge in [0.05, 0.1) is 5.69 Å². The maximum atomic E-state index is 12.2. The molecule has 0 heterocycles. The molecule has 0 saturated carbocycles. The van der Waals surface area contributed by atoms with Gasteiger partial charge in [-0.05, 0) is 52.3 Å². The SMILES string of the molecule is O=C(Nc1cc(Cl)ccc1Br)c1cc(Br)cc(Br)c1. The van der Waals surface area contributed by atoms with Crippen molar-refractivity contribution in [2.45, 2.75) is 0 Å². The first kappa shape index (κ1) is 15.0. The molecule has 0 bridgehead atoms. The van der Waals surface area contributed by atoms with E-state index in [1.165, 1.54) is 0 Å². The van der Waals surface area contributed by atoms with Crippen molar-refractivity contribution in [2.75, 3.05) is 5.32 Å². The summed E-state index contributed by atoms with van der Waals surface area (Å²) < 4.78 is 2.44. The summed E-state index contributed by atoms with van der Waals surface area (Å²) >= 11 is 16.0. The molecule has 0 saturated heterocycles. The Morgan fingerprint density at radius 1 is 1.00 bits per heavy atom. The minimum absolute atomic E-state index is 0.204. The Morgan fingerprint density at radius 2 is 1.63 bits per heavy atom. The van der Waals surface area contributed by atoms with Crippen molar-refractivity contribution in [3.63, 3.8) is 0 Å². The van der Waals surface area contributed by atoms with Crippen LogP contribution in [0.3, 0.4) is 0 Å². The number of hydrogen-bond donors (Lipinski definition) is 1. The van der Waals surface area contributed by atoms with Crippen molar-refractivity contribution in [1.82, 2.24) is 0 Å². The number of anilines is 1. The van der Waals surface area contributed by atoms with Crippen LogP contribution in [0.2, 0.25) is 5.02 Å². The molecule has 19 heavy (non-hydrogen) atoms. The van der Waals surface area contributed by atoms with Gasteiger partial charge in [-0.2, -0.15) is 0 Å². The van der Waals surface area contributed by atoms with Crippen molar-refractivity contribution in [3.05, 3.63) is 60.4 Å². The summed E-state index contributed by atoms with van der Waals surface area (Å²) in [4.78, 5) is 12.2. The van der Waals surface area contributed by atoms with Crippen LogP contribution < -0.4 is 5.32 Å². The van der Waals surface area contributed by atoms with Crippen molar-refractivity contribution in [3.8, 4) is 0 Å². The van der Waals surface area contributed by atoms with Crippen molar-refractivity contribution >= 4 is 71.0 Å². The summed E-state index contributed by atoms with van der Waals surface area (Å²) in [5.74, 6) is -0.204. The Morgan fingerprint density at radius 3 is 2.26 bits per heavy atom. The molecule has 1 amide bonds. The van der Waals surface area contributed by atoms with E-state index in [4.69, 9.17) is 11.6 Å². The molecule has 0 radical (unpaired) electrons. The zero-order valence-electron chi connectivity index (χ0n) is 9.38. The molecule has 2 aromatic rings. The highest BCUT2D eigenvalue weighted by molar-refractivity contribution is 9.11. The molecule has 0 atom stereocenters. The van der Waals surface area contributed by atoms with Crippen LogP contribution in [0, 0.1) is 0 Å². The molecule has 0 spiro atoms. The zero-order valence-corrected chi connectivity index (χ0v) is 14.9. The van der Waals surface area contributed by atoms with E-state index in [1.807, 2.05) is 6.07 Å². The van der Waals surface area contributed by atoms with Crippen LogP contribution in [-0.4, -0.2) is 5.91 Å². The molecule has 6 heteroatoms. The van der Waals surface area contributed by atoms with E-state index in [0.29, 0.717) is 16.3 Å². The Kier molecular flexibility index (Phi) is 5.06. The normalized spacial score (nSPS) is 10.3. The second kappa shape index (κ2) is 6.39. The highest BCUT2D eigenvalue weighted by Gasteiger charge is 2.10. The van der Waals surface area contributed by atoms with Crippen LogP contribution in [0.5, 0.6) is 0 Å². The smallest absolute Gasteiger partial charge is 0.255 e. The van der Waals surface area contributed by atoms with Crippen LogP contribution in [0.1, 0.15) is 10.4 Å². The second-order valence-electron chi connectivity index (χ2n) is 3.74. The van der Waals surface area contributed by atoms with Crippen molar-refractivity contribution in [1.29, 1.82) is 0 Å². The fourth-order valence-electron chi connectivity index (χ4n) is 1.47. The number of halogens is 4. The van der Waals surface area contributed by atoms with Gasteiger partial charge in [0.25, 0.3) is 5.91 Å². The molecule has 98 valence electrons. The van der Waals surface area contributed by atoms with Gasteiger partial charge in [-0.3, -0.25) is 4.79 Å². The number of amides is 1. The highest BCUT2D eigenvalue weighted by Crippen LogP contribution is 2.27. The molecule has 2 rings (SSSR count). The van der Waals surface area contributed by atoms with Crippen molar-refractivity contribution < 1.29 is 4.79 Å².